The Morgan fingerprint density at radius 3 is 2.21 bits per heavy atom. The Labute approximate surface area is 262 Å². The first-order valence-electron chi connectivity index (χ1n) is 16.6. The molecule has 0 bridgehead atoms. The number of ether oxygens (including phenoxy) is 2. The molecule has 0 fully saturated rings. The lowest BCUT2D eigenvalue weighted by Gasteiger charge is -2.20. The lowest BCUT2D eigenvalue weighted by Crippen LogP contribution is -2.44. The zero-order valence-electron chi connectivity index (χ0n) is 27.0. The highest BCUT2D eigenvalue weighted by Crippen LogP contribution is 2.38. The number of carboxylic acid groups (broad SMARTS) is 1. The molecular weight excluding hydrogens is 567 g/mol. The van der Waals surface area contributed by atoms with Gasteiger partial charge in [-0.1, -0.05) is 109 Å². The molecule has 0 saturated carbocycles. The van der Waals surface area contributed by atoms with E-state index in [4.69, 9.17) is 9.47 Å². The van der Waals surface area contributed by atoms with Crippen LogP contribution >= 0.6 is 19.8 Å². The third-order valence-corrected chi connectivity index (χ3v) is 10.2. The summed E-state index contributed by atoms with van der Waals surface area (Å²) >= 11 is 2.11. The fourth-order valence-corrected chi connectivity index (χ4v) is 6.79. The van der Waals surface area contributed by atoms with E-state index in [1.807, 2.05) is 13.8 Å². The second kappa shape index (κ2) is 24.4. The zero-order valence-corrected chi connectivity index (χ0v) is 28.7. The molecule has 1 rings (SSSR count). The quantitative estimate of drug-likeness (QED) is 0.0705. The van der Waals surface area contributed by atoms with Gasteiger partial charge in [-0.05, 0) is 78.6 Å². The molecule has 1 aromatic carbocycles. The first kappa shape index (κ1) is 39.0. The van der Waals surface area contributed by atoms with E-state index in [9.17, 15) is 19.4 Å². The Hall–Kier alpha value is -0.980. The molecule has 4 atom stereocenters. The van der Waals surface area contributed by atoms with E-state index >= 15 is 0 Å². The van der Waals surface area contributed by atoms with Gasteiger partial charge in [0.2, 0.25) is 0 Å². The largest absolute Gasteiger partial charge is 0.556 e. The Kier molecular flexibility index (Phi) is 22.6. The van der Waals surface area contributed by atoms with Crippen LogP contribution in [0.2, 0.25) is 0 Å². The Morgan fingerprint density at radius 1 is 0.905 bits per heavy atom. The number of hydrogen-bond donors (Lipinski definition) is 2. The maximum absolute atomic E-state index is 11.8. The summed E-state index contributed by atoms with van der Waals surface area (Å²) < 4.78 is 22.7. The van der Waals surface area contributed by atoms with Gasteiger partial charge in [0.15, 0.2) is 0 Å². The number of carbonyl (C=O) groups is 1. The minimum atomic E-state index is -3.08. The molecule has 0 aliphatic heterocycles. The van der Waals surface area contributed by atoms with Crippen LogP contribution in [0.15, 0.2) is 24.3 Å². The average Bonchev–Trinajstić information content (AvgIpc) is 2.98. The molecule has 0 aliphatic carbocycles. The van der Waals surface area contributed by atoms with Gasteiger partial charge in [-0.15, -0.1) is 0 Å². The van der Waals surface area contributed by atoms with Crippen LogP contribution in [-0.4, -0.2) is 52.1 Å². The highest BCUT2D eigenvalue weighted by Gasteiger charge is 2.59. The minimum Gasteiger partial charge on any atom is -0.476 e. The van der Waals surface area contributed by atoms with Crippen molar-refractivity contribution in [1.82, 2.24) is 0 Å². The van der Waals surface area contributed by atoms with E-state index in [0.29, 0.717) is 12.3 Å². The maximum atomic E-state index is 11.8. The van der Waals surface area contributed by atoms with Gasteiger partial charge in [-0.3, -0.25) is 0 Å². The molecule has 1 aromatic rings. The number of aliphatic carboxylic acids is 1. The third kappa shape index (κ3) is 16.2. The molecule has 0 amide bonds. The van der Waals surface area contributed by atoms with Crippen molar-refractivity contribution in [2.75, 3.05) is 24.7 Å². The molecule has 0 spiro atoms. The first-order valence-corrected chi connectivity index (χ1v) is 19.0. The fraction of sp³-hybridized carbons (Fsp3) is 0.794. The van der Waals surface area contributed by atoms with Crippen molar-refractivity contribution in [1.29, 1.82) is 0 Å². The van der Waals surface area contributed by atoms with Crippen LogP contribution in [-0.2, 0) is 25.3 Å². The molecule has 0 aliphatic rings. The lowest BCUT2D eigenvalue weighted by molar-refractivity contribution is -0.163. The summed E-state index contributed by atoms with van der Waals surface area (Å²) in [6.07, 6.45) is 18.7. The van der Waals surface area contributed by atoms with Crippen molar-refractivity contribution in [3.63, 3.8) is 0 Å². The van der Waals surface area contributed by atoms with Gasteiger partial charge in [0.05, 0.1) is 12.7 Å². The molecular formula is C34H60O6PS+. The molecule has 0 radical (unpaired) electrons. The van der Waals surface area contributed by atoms with Crippen LogP contribution in [0, 0.1) is 0 Å². The number of carboxylic acids is 1. The van der Waals surface area contributed by atoms with Crippen LogP contribution in [0.5, 0.6) is 0 Å². The molecule has 0 aromatic heterocycles. The second-order valence-corrected chi connectivity index (χ2v) is 14.1. The van der Waals surface area contributed by atoms with E-state index in [2.05, 4.69) is 49.9 Å². The smallest absolute Gasteiger partial charge is 0.476 e. The van der Waals surface area contributed by atoms with Gasteiger partial charge >= 0.3 is 19.3 Å². The normalized spacial score (nSPS) is 14.8. The van der Waals surface area contributed by atoms with Crippen LogP contribution in [0.25, 0.3) is 0 Å². The topological polar surface area (TPSA) is 93.1 Å². The average molecular weight is 628 g/mol. The standard InChI is InChI=1S/C34H59O6PS/c1-5-8-9-12-16-21-31(32-22-18-20-30(7-3)27-32)23-26-42-25-17-14-11-10-13-15-19-29(4)39-28-34(33(35)36,41(37)38)40-24-6-2/h18,20,22,27,29,31H,5-17,19,21,23-26,28H2,1-4H3,(H-,35,36,37,38)/p+1. The van der Waals surface area contributed by atoms with Crippen molar-refractivity contribution in [3.05, 3.63) is 35.4 Å². The molecule has 0 saturated heterocycles. The Bertz CT molecular complexity index is 837. The lowest BCUT2D eigenvalue weighted by atomic mass is 9.89. The molecule has 8 heteroatoms. The summed E-state index contributed by atoms with van der Waals surface area (Å²) in [5.41, 5.74) is 3.00. The van der Waals surface area contributed by atoms with Gasteiger partial charge in [-0.2, -0.15) is 16.7 Å². The number of aryl methyl sites for hydroxylation is 1. The summed E-state index contributed by atoms with van der Waals surface area (Å²) in [6.45, 7) is 7.90. The SMILES string of the molecule is CCCCCCCC(CCSCCCCCCCCC(C)OCC(OCCC)(C(=O)O)[P+](=O)O)c1cccc(CC)c1. The third-order valence-electron chi connectivity index (χ3n) is 8.00. The molecule has 2 N–H and O–H groups in total. The monoisotopic (exact) mass is 627 g/mol. The highest BCUT2D eigenvalue weighted by molar-refractivity contribution is 7.99. The van der Waals surface area contributed by atoms with Gasteiger partial charge in [-0.25, -0.2) is 4.79 Å². The molecule has 0 heterocycles. The van der Waals surface area contributed by atoms with E-state index < -0.39 is 25.9 Å². The first-order chi connectivity index (χ1) is 20.3. The Balaban J connectivity index is 2.21. The van der Waals surface area contributed by atoms with Crippen molar-refractivity contribution in [2.45, 2.75) is 148 Å². The van der Waals surface area contributed by atoms with E-state index in [-0.39, 0.29) is 12.7 Å². The van der Waals surface area contributed by atoms with Crippen LogP contribution in [0.3, 0.4) is 0 Å². The van der Waals surface area contributed by atoms with Gasteiger partial charge in [0.1, 0.15) is 6.61 Å². The van der Waals surface area contributed by atoms with Gasteiger partial charge in [0.25, 0.3) is 0 Å². The van der Waals surface area contributed by atoms with Crippen molar-refractivity contribution < 1.29 is 28.8 Å². The Morgan fingerprint density at radius 2 is 1.57 bits per heavy atom. The summed E-state index contributed by atoms with van der Waals surface area (Å²) in [5, 5.41) is 7.30. The summed E-state index contributed by atoms with van der Waals surface area (Å²) in [5.74, 6) is 1.71. The summed E-state index contributed by atoms with van der Waals surface area (Å²) in [4.78, 5) is 21.3. The van der Waals surface area contributed by atoms with Gasteiger partial charge < -0.3 is 14.6 Å². The molecule has 4 unspecified atom stereocenters. The minimum absolute atomic E-state index is 0.0946. The predicted molar refractivity (Wildman–Crippen MR) is 178 cm³/mol. The molecule has 242 valence electrons. The van der Waals surface area contributed by atoms with Crippen molar-refractivity contribution in [2.24, 2.45) is 0 Å². The molecule has 42 heavy (non-hydrogen) atoms. The van der Waals surface area contributed by atoms with Crippen LogP contribution < -0.4 is 0 Å². The fourth-order valence-electron chi connectivity index (χ4n) is 5.18. The van der Waals surface area contributed by atoms with Crippen LogP contribution in [0.4, 0.5) is 0 Å². The van der Waals surface area contributed by atoms with Gasteiger partial charge in [0, 0.05) is 0 Å². The number of rotatable bonds is 28. The van der Waals surface area contributed by atoms with Crippen molar-refractivity contribution >= 4 is 25.8 Å². The van der Waals surface area contributed by atoms with Crippen LogP contribution in [0.1, 0.15) is 141 Å². The second-order valence-electron chi connectivity index (χ2n) is 11.6. The predicted octanol–water partition coefficient (Wildman–Crippen LogP) is 9.89. The maximum Gasteiger partial charge on any atom is 0.556 e. The number of unbranched alkanes of at least 4 members (excludes halogenated alkanes) is 9. The highest BCUT2D eigenvalue weighted by atomic mass is 32.2. The van der Waals surface area contributed by atoms with E-state index in [1.165, 1.54) is 87.7 Å². The van der Waals surface area contributed by atoms with E-state index in [0.717, 1.165) is 25.7 Å². The zero-order chi connectivity index (χ0) is 31.1. The summed E-state index contributed by atoms with van der Waals surface area (Å²) in [7, 11) is -3.08. The summed E-state index contributed by atoms with van der Waals surface area (Å²) in [6, 6.07) is 9.28. The molecule has 6 nitrogen and oxygen atoms in total. The number of benzene rings is 1. The van der Waals surface area contributed by atoms with Crippen molar-refractivity contribution in [3.8, 4) is 0 Å². The number of hydrogen-bond acceptors (Lipinski definition) is 5. The number of thioether (sulfide) groups is 1. The van der Waals surface area contributed by atoms with E-state index in [1.54, 1.807) is 5.56 Å².